The predicted molar refractivity (Wildman–Crippen MR) is 77.5 cm³/mol. The zero-order valence-electron chi connectivity index (χ0n) is 10.9. The Morgan fingerprint density at radius 2 is 2.25 bits per heavy atom. The van der Waals surface area contributed by atoms with E-state index in [9.17, 15) is 4.79 Å². The molecule has 1 aliphatic rings. The minimum Gasteiger partial charge on any atom is -0.487 e. The molecule has 5 heteroatoms. The zero-order valence-corrected chi connectivity index (χ0v) is 11.7. The topological polar surface area (TPSA) is 42.4 Å². The first-order chi connectivity index (χ1) is 9.65. The number of amides is 1. The van der Waals surface area contributed by atoms with E-state index in [1.807, 2.05) is 6.92 Å². The normalized spacial score (nSPS) is 17.3. The lowest BCUT2D eigenvalue weighted by Crippen LogP contribution is -2.42. The minimum atomic E-state index is -0.149. The molecule has 1 aromatic carbocycles. The van der Waals surface area contributed by atoms with E-state index in [1.54, 1.807) is 47.5 Å². The fraction of sp³-hybridized carbons (Fsp3) is 0.200. The van der Waals surface area contributed by atoms with Gasteiger partial charge in [-0.1, -0.05) is 17.7 Å². The van der Waals surface area contributed by atoms with Gasteiger partial charge in [0.25, 0.3) is 5.91 Å². The zero-order chi connectivity index (χ0) is 14.1. The van der Waals surface area contributed by atoms with Crippen molar-refractivity contribution in [1.82, 2.24) is 4.98 Å². The number of fused-ring (bicyclic) bond motifs is 1. The molecule has 2 heterocycles. The van der Waals surface area contributed by atoms with Crippen LogP contribution in [0.4, 0.5) is 5.69 Å². The summed E-state index contributed by atoms with van der Waals surface area (Å²) in [5.41, 5.74) is 1.10. The highest BCUT2D eigenvalue weighted by Gasteiger charge is 2.29. The van der Waals surface area contributed by atoms with E-state index in [1.165, 1.54) is 0 Å². The Balaban J connectivity index is 2.02. The van der Waals surface area contributed by atoms with Gasteiger partial charge in [0.2, 0.25) is 0 Å². The van der Waals surface area contributed by atoms with E-state index >= 15 is 0 Å². The van der Waals surface area contributed by atoms with Crippen molar-refractivity contribution in [3.05, 3.63) is 53.3 Å². The number of aromatic nitrogens is 1. The summed E-state index contributed by atoms with van der Waals surface area (Å²) in [7, 11) is 0. The molecule has 1 atom stereocenters. The predicted octanol–water partition coefficient (Wildman–Crippen LogP) is 3.16. The third kappa shape index (κ3) is 2.34. The van der Waals surface area contributed by atoms with Crippen molar-refractivity contribution in [2.75, 3.05) is 11.4 Å². The van der Waals surface area contributed by atoms with Gasteiger partial charge in [-0.05, 0) is 37.3 Å². The monoisotopic (exact) mass is 288 g/mol. The van der Waals surface area contributed by atoms with Gasteiger partial charge >= 0.3 is 0 Å². The largest absolute Gasteiger partial charge is 0.487 e. The van der Waals surface area contributed by atoms with Crippen molar-refractivity contribution in [1.29, 1.82) is 0 Å². The number of carbonyl (C=O) groups is 1. The molecule has 0 aliphatic carbocycles. The van der Waals surface area contributed by atoms with Gasteiger partial charge in [0.15, 0.2) is 0 Å². The molecule has 102 valence electrons. The molecule has 0 fully saturated rings. The van der Waals surface area contributed by atoms with E-state index in [2.05, 4.69) is 4.98 Å². The average Bonchev–Trinajstić information content (AvgIpc) is 2.47. The number of hydrogen-bond acceptors (Lipinski definition) is 3. The molecule has 0 radical (unpaired) electrons. The molecule has 1 unspecified atom stereocenters. The molecule has 1 aromatic heterocycles. The Kier molecular flexibility index (Phi) is 3.32. The highest BCUT2D eigenvalue weighted by Crippen LogP contribution is 2.36. The van der Waals surface area contributed by atoms with Crippen LogP contribution in [0.15, 0.2) is 42.6 Å². The lowest BCUT2D eigenvalue weighted by molar-refractivity contribution is 0.0956. The van der Waals surface area contributed by atoms with Gasteiger partial charge in [0.05, 0.1) is 12.2 Å². The molecule has 4 nitrogen and oxygen atoms in total. The summed E-state index contributed by atoms with van der Waals surface area (Å²) < 4.78 is 5.73. The van der Waals surface area contributed by atoms with Crippen LogP contribution in [0.2, 0.25) is 5.02 Å². The maximum atomic E-state index is 12.6. The number of pyridine rings is 1. The fourth-order valence-electron chi connectivity index (χ4n) is 2.23. The van der Waals surface area contributed by atoms with E-state index in [0.717, 1.165) is 0 Å². The lowest BCUT2D eigenvalue weighted by Gasteiger charge is -2.33. The molecular formula is C15H13ClN2O2. The van der Waals surface area contributed by atoms with Crippen LogP contribution in [0.25, 0.3) is 0 Å². The molecular weight excluding hydrogens is 276 g/mol. The molecule has 1 amide bonds. The van der Waals surface area contributed by atoms with Crippen LogP contribution in [0.1, 0.15) is 17.4 Å². The minimum absolute atomic E-state index is 0.0728. The maximum absolute atomic E-state index is 12.6. The molecule has 0 saturated heterocycles. The van der Waals surface area contributed by atoms with Crippen LogP contribution < -0.4 is 9.64 Å². The summed E-state index contributed by atoms with van der Waals surface area (Å²) in [4.78, 5) is 18.4. The number of halogens is 1. The van der Waals surface area contributed by atoms with E-state index in [-0.39, 0.29) is 12.0 Å². The van der Waals surface area contributed by atoms with Crippen LogP contribution in [-0.2, 0) is 0 Å². The van der Waals surface area contributed by atoms with Gasteiger partial charge in [-0.25, -0.2) is 0 Å². The Hall–Kier alpha value is -2.07. The van der Waals surface area contributed by atoms with Crippen LogP contribution in [0.5, 0.6) is 5.75 Å². The maximum Gasteiger partial charge on any atom is 0.277 e. The molecule has 20 heavy (non-hydrogen) atoms. The van der Waals surface area contributed by atoms with E-state index in [4.69, 9.17) is 16.3 Å². The van der Waals surface area contributed by atoms with Crippen LogP contribution >= 0.6 is 11.6 Å². The van der Waals surface area contributed by atoms with Gasteiger partial charge in [-0.3, -0.25) is 14.7 Å². The molecule has 0 N–H and O–H groups in total. The SMILES string of the molecule is CC1CN(C(=O)c2ccccn2)c2cc(Cl)ccc2O1. The Bertz CT molecular complexity index is 646. The van der Waals surface area contributed by atoms with E-state index in [0.29, 0.717) is 28.7 Å². The average molecular weight is 289 g/mol. The number of anilines is 1. The number of ether oxygens (including phenoxy) is 1. The number of carbonyl (C=O) groups excluding carboxylic acids is 1. The van der Waals surface area contributed by atoms with Gasteiger partial charge in [0.1, 0.15) is 17.5 Å². The summed E-state index contributed by atoms with van der Waals surface area (Å²) in [6.45, 7) is 2.40. The quantitative estimate of drug-likeness (QED) is 0.809. The summed E-state index contributed by atoms with van der Waals surface area (Å²) in [6, 6.07) is 10.6. The lowest BCUT2D eigenvalue weighted by atomic mass is 10.1. The number of hydrogen-bond donors (Lipinski definition) is 0. The van der Waals surface area contributed by atoms with Crippen molar-refractivity contribution in [3.63, 3.8) is 0 Å². The van der Waals surface area contributed by atoms with Gasteiger partial charge in [-0.15, -0.1) is 0 Å². The number of benzene rings is 1. The van der Waals surface area contributed by atoms with Crippen molar-refractivity contribution < 1.29 is 9.53 Å². The second-order valence-corrected chi connectivity index (χ2v) is 5.11. The number of nitrogens with zero attached hydrogens (tertiary/aromatic N) is 2. The second-order valence-electron chi connectivity index (χ2n) is 4.67. The van der Waals surface area contributed by atoms with Gasteiger partial charge in [0, 0.05) is 11.2 Å². The van der Waals surface area contributed by atoms with Gasteiger partial charge in [-0.2, -0.15) is 0 Å². The van der Waals surface area contributed by atoms with E-state index < -0.39 is 0 Å². The highest BCUT2D eigenvalue weighted by molar-refractivity contribution is 6.31. The van der Waals surface area contributed by atoms with Crippen LogP contribution in [0.3, 0.4) is 0 Å². The summed E-state index contributed by atoms with van der Waals surface area (Å²) >= 11 is 6.02. The summed E-state index contributed by atoms with van der Waals surface area (Å²) in [5.74, 6) is 0.515. The van der Waals surface area contributed by atoms with Gasteiger partial charge < -0.3 is 4.74 Å². The van der Waals surface area contributed by atoms with Crippen LogP contribution in [0, 0.1) is 0 Å². The van der Waals surface area contributed by atoms with Crippen molar-refractivity contribution in [2.45, 2.75) is 13.0 Å². The number of rotatable bonds is 1. The second kappa shape index (κ2) is 5.13. The Morgan fingerprint density at radius 1 is 1.40 bits per heavy atom. The Labute approximate surface area is 122 Å². The Morgan fingerprint density at radius 3 is 3.00 bits per heavy atom. The first-order valence-corrected chi connectivity index (χ1v) is 6.72. The first-order valence-electron chi connectivity index (χ1n) is 6.34. The molecule has 0 bridgehead atoms. The fourth-order valence-corrected chi connectivity index (χ4v) is 2.40. The first kappa shape index (κ1) is 12.9. The smallest absolute Gasteiger partial charge is 0.277 e. The molecule has 0 saturated carbocycles. The summed E-state index contributed by atoms with van der Waals surface area (Å²) in [6.07, 6.45) is 1.53. The van der Waals surface area contributed by atoms with Crippen molar-refractivity contribution >= 4 is 23.2 Å². The van der Waals surface area contributed by atoms with Crippen molar-refractivity contribution in [2.24, 2.45) is 0 Å². The molecule has 0 spiro atoms. The molecule has 2 aromatic rings. The standard InChI is InChI=1S/C15H13ClN2O2/c1-10-9-18(15(19)12-4-2-3-7-17-12)13-8-11(16)5-6-14(13)20-10/h2-8,10H,9H2,1H3. The van der Waals surface area contributed by atoms with Crippen molar-refractivity contribution in [3.8, 4) is 5.75 Å². The highest BCUT2D eigenvalue weighted by atomic mass is 35.5. The third-order valence-corrected chi connectivity index (χ3v) is 3.34. The molecule has 3 rings (SSSR count). The molecule has 1 aliphatic heterocycles. The third-order valence-electron chi connectivity index (χ3n) is 3.11. The van der Waals surface area contributed by atoms with Crippen LogP contribution in [-0.4, -0.2) is 23.5 Å². The summed E-state index contributed by atoms with van der Waals surface area (Å²) in [5, 5.41) is 0.570.